The lowest BCUT2D eigenvalue weighted by atomic mass is 10.4. The van der Waals surface area contributed by atoms with Gasteiger partial charge in [-0.25, -0.2) is 0 Å². The van der Waals surface area contributed by atoms with Crippen LogP contribution < -0.4 is 0 Å². The molecule has 0 aliphatic rings. The van der Waals surface area contributed by atoms with Crippen LogP contribution >= 0.6 is 0 Å². The summed E-state index contributed by atoms with van der Waals surface area (Å²) in [4.78, 5) is 12.4. The quantitative estimate of drug-likeness (QED) is 0.693. The maximum absolute atomic E-state index is 10.4. The van der Waals surface area contributed by atoms with Crippen molar-refractivity contribution in [2.24, 2.45) is 0 Å². The first-order valence-corrected chi connectivity index (χ1v) is 4.85. The normalized spacial score (nSPS) is 11.3. The summed E-state index contributed by atoms with van der Waals surface area (Å²) in [6.07, 6.45) is 8.50. The highest BCUT2D eigenvalue weighted by Crippen LogP contribution is 2.09. The third kappa shape index (κ3) is 3.46. The van der Waals surface area contributed by atoms with Crippen molar-refractivity contribution in [3.63, 3.8) is 0 Å². The standard InChI is InChI=1S/C12H15NO2/c1-3-7-13(8-4-2)9-11-5-6-12(10-14)15-11/h3-8,10H,9H2,1-2H3. The van der Waals surface area contributed by atoms with Gasteiger partial charge in [0.15, 0.2) is 12.0 Å². The van der Waals surface area contributed by atoms with E-state index in [4.69, 9.17) is 4.42 Å². The van der Waals surface area contributed by atoms with Gasteiger partial charge in [0.1, 0.15) is 5.76 Å². The minimum Gasteiger partial charge on any atom is -0.456 e. The summed E-state index contributed by atoms with van der Waals surface area (Å²) in [7, 11) is 0. The van der Waals surface area contributed by atoms with Gasteiger partial charge in [0.25, 0.3) is 0 Å². The van der Waals surface area contributed by atoms with E-state index in [-0.39, 0.29) is 0 Å². The Labute approximate surface area is 89.7 Å². The minimum atomic E-state index is 0.367. The number of carbonyl (C=O) groups excluding carboxylic acids is 1. The highest BCUT2D eigenvalue weighted by molar-refractivity contribution is 5.70. The lowest BCUT2D eigenvalue weighted by Crippen LogP contribution is -2.07. The van der Waals surface area contributed by atoms with Gasteiger partial charge in [0, 0.05) is 0 Å². The fourth-order valence-electron chi connectivity index (χ4n) is 1.26. The monoisotopic (exact) mass is 205 g/mol. The van der Waals surface area contributed by atoms with Crippen LogP contribution in [-0.4, -0.2) is 11.2 Å². The molecule has 0 fully saturated rings. The predicted molar refractivity (Wildman–Crippen MR) is 59.3 cm³/mol. The van der Waals surface area contributed by atoms with Crippen molar-refractivity contribution in [2.45, 2.75) is 20.4 Å². The summed E-state index contributed by atoms with van der Waals surface area (Å²) in [6, 6.07) is 3.48. The number of allylic oxidation sites excluding steroid dienone is 2. The molecule has 0 spiro atoms. The third-order valence-corrected chi connectivity index (χ3v) is 1.82. The maximum atomic E-state index is 10.4. The average Bonchev–Trinajstić information content (AvgIpc) is 2.66. The Hall–Kier alpha value is -1.77. The van der Waals surface area contributed by atoms with Crippen LogP contribution in [0.15, 0.2) is 41.1 Å². The van der Waals surface area contributed by atoms with Crippen molar-refractivity contribution in [1.29, 1.82) is 0 Å². The summed E-state index contributed by atoms with van der Waals surface area (Å²) >= 11 is 0. The summed E-state index contributed by atoms with van der Waals surface area (Å²) < 4.78 is 5.28. The zero-order chi connectivity index (χ0) is 11.1. The van der Waals surface area contributed by atoms with Gasteiger partial charge in [-0.05, 0) is 38.4 Å². The van der Waals surface area contributed by atoms with E-state index in [0.29, 0.717) is 18.6 Å². The van der Waals surface area contributed by atoms with Crippen molar-refractivity contribution in [1.82, 2.24) is 4.90 Å². The van der Waals surface area contributed by atoms with E-state index < -0.39 is 0 Å². The van der Waals surface area contributed by atoms with Gasteiger partial charge in [0.2, 0.25) is 0 Å². The van der Waals surface area contributed by atoms with Gasteiger partial charge in [-0.15, -0.1) is 0 Å². The van der Waals surface area contributed by atoms with Gasteiger partial charge in [-0.1, -0.05) is 12.2 Å². The van der Waals surface area contributed by atoms with Gasteiger partial charge in [0.05, 0.1) is 6.54 Å². The number of hydrogen-bond acceptors (Lipinski definition) is 3. The number of carbonyl (C=O) groups is 1. The molecule has 15 heavy (non-hydrogen) atoms. The van der Waals surface area contributed by atoms with Crippen molar-refractivity contribution >= 4 is 6.29 Å². The fourth-order valence-corrected chi connectivity index (χ4v) is 1.26. The smallest absolute Gasteiger partial charge is 0.185 e. The number of rotatable bonds is 5. The number of nitrogens with zero attached hydrogens (tertiary/aromatic N) is 1. The molecule has 3 nitrogen and oxygen atoms in total. The molecule has 1 rings (SSSR count). The first kappa shape index (κ1) is 11.3. The molecule has 0 saturated heterocycles. The summed E-state index contributed by atoms with van der Waals surface area (Å²) in [6.45, 7) is 4.54. The van der Waals surface area contributed by atoms with Gasteiger partial charge in [-0.2, -0.15) is 0 Å². The molecule has 0 bridgehead atoms. The molecular formula is C12H15NO2. The molecule has 1 aromatic heterocycles. The van der Waals surface area contributed by atoms with E-state index >= 15 is 0 Å². The van der Waals surface area contributed by atoms with E-state index in [2.05, 4.69) is 0 Å². The molecule has 1 aromatic rings. The van der Waals surface area contributed by atoms with Crippen LogP contribution in [0.5, 0.6) is 0 Å². The van der Waals surface area contributed by atoms with Gasteiger partial charge in [-0.3, -0.25) is 4.79 Å². The Morgan fingerprint density at radius 2 is 1.93 bits per heavy atom. The van der Waals surface area contributed by atoms with Crippen LogP contribution in [0.3, 0.4) is 0 Å². The Balaban J connectivity index is 2.68. The molecule has 0 atom stereocenters. The molecule has 80 valence electrons. The van der Waals surface area contributed by atoms with E-state index in [1.165, 1.54) is 0 Å². The van der Waals surface area contributed by atoms with Crippen LogP contribution in [0.25, 0.3) is 0 Å². The van der Waals surface area contributed by atoms with E-state index in [1.54, 1.807) is 6.07 Å². The number of hydrogen-bond donors (Lipinski definition) is 0. The predicted octanol–water partition coefficient (Wildman–Crippen LogP) is 2.96. The van der Waals surface area contributed by atoms with Gasteiger partial charge >= 0.3 is 0 Å². The molecule has 0 amide bonds. The van der Waals surface area contributed by atoms with Crippen molar-refractivity contribution in [2.75, 3.05) is 0 Å². The second-order valence-corrected chi connectivity index (χ2v) is 3.06. The summed E-state index contributed by atoms with van der Waals surface area (Å²) in [5, 5.41) is 0. The zero-order valence-corrected chi connectivity index (χ0v) is 9.01. The van der Waals surface area contributed by atoms with E-state index in [0.717, 1.165) is 5.76 Å². The van der Waals surface area contributed by atoms with Crippen molar-refractivity contribution < 1.29 is 9.21 Å². The molecule has 0 saturated carbocycles. The molecule has 0 aliphatic heterocycles. The Morgan fingerprint density at radius 1 is 1.27 bits per heavy atom. The summed E-state index contributed by atoms with van der Waals surface area (Å²) in [5.41, 5.74) is 0. The van der Waals surface area contributed by atoms with Crippen molar-refractivity contribution in [3.05, 3.63) is 48.2 Å². The topological polar surface area (TPSA) is 33.5 Å². The molecule has 0 aromatic carbocycles. The van der Waals surface area contributed by atoms with E-state index in [9.17, 15) is 4.79 Å². The average molecular weight is 205 g/mol. The maximum Gasteiger partial charge on any atom is 0.185 e. The fraction of sp³-hybridized carbons (Fsp3) is 0.250. The minimum absolute atomic E-state index is 0.367. The first-order valence-electron chi connectivity index (χ1n) is 4.85. The second kappa shape index (κ2) is 5.86. The molecule has 3 heteroatoms. The Morgan fingerprint density at radius 3 is 2.40 bits per heavy atom. The SMILES string of the molecule is CC=CN(C=CC)Cc1ccc(C=O)o1. The number of aldehydes is 1. The van der Waals surface area contributed by atoms with Crippen molar-refractivity contribution in [3.8, 4) is 0 Å². The highest BCUT2D eigenvalue weighted by Gasteiger charge is 2.02. The Bertz CT molecular complexity index is 351. The Kier molecular flexibility index (Phi) is 4.41. The number of furan rings is 1. The van der Waals surface area contributed by atoms with Crippen LogP contribution in [-0.2, 0) is 6.54 Å². The van der Waals surface area contributed by atoms with Crippen LogP contribution in [0.4, 0.5) is 0 Å². The highest BCUT2D eigenvalue weighted by atomic mass is 16.3. The lowest BCUT2D eigenvalue weighted by molar-refractivity contribution is 0.109. The van der Waals surface area contributed by atoms with Crippen LogP contribution in [0, 0.1) is 0 Å². The summed E-state index contributed by atoms with van der Waals surface area (Å²) in [5.74, 6) is 1.14. The van der Waals surface area contributed by atoms with Gasteiger partial charge < -0.3 is 9.32 Å². The molecule has 0 radical (unpaired) electrons. The van der Waals surface area contributed by atoms with Crippen LogP contribution in [0.2, 0.25) is 0 Å². The second-order valence-electron chi connectivity index (χ2n) is 3.06. The lowest BCUT2D eigenvalue weighted by Gasteiger charge is -2.12. The molecule has 0 aliphatic carbocycles. The third-order valence-electron chi connectivity index (χ3n) is 1.82. The van der Waals surface area contributed by atoms with E-state index in [1.807, 2.05) is 49.4 Å². The molecular weight excluding hydrogens is 190 g/mol. The molecule has 0 N–H and O–H groups in total. The van der Waals surface area contributed by atoms with Crippen LogP contribution in [0.1, 0.15) is 30.2 Å². The first-order chi connectivity index (χ1) is 7.30. The molecule has 0 unspecified atom stereocenters. The molecule has 1 heterocycles. The largest absolute Gasteiger partial charge is 0.456 e. The zero-order valence-electron chi connectivity index (χ0n) is 9.01.